The van der Waals surface area contributed by atoms with E-state index in [2.05, 4.69) is 16.1 Å². The van der Waals surface area contributed by atoms with Crippen LogP contribution >= 0.6 is 0 Å². The average molecular weight is 204 g/mol. The van der Waals surface area contributed by atoms with Crippen LogP contribution in [-0.4, -0.2) is 24.5 Å². The third-order valence-corrected chi connectivity index (χ3v) is 2.83. The number of benzene rings is 1. The summed E-state index contributed by atoms with van der Waals surface area (Å²) in [6, 6.07) is 8.05. The molecule has 0 aromatic heterocycles. The van der Waals surface area contributed by atoms with Crippen LogP contribution in [0.3, 0.4) is 0 Å². The van der Waals surface area contributed by atoms with E-state index in [4.69, 9.17) is 5.21 Å². The molecule has 1 aliphatic heterocycles. The lowest BCUT2D eigenvalue weighted by Crippen LogP contribution is -2.30. The first kappa shape index (κ1) is 10.0. The first-order valence-corrected chi connectivity index (χ1v) is 5.43. The molecule has 0 bridgehead atoms. The normalized spacial score (nSPS) is 17.2. The monoisotopic (exact) mass is 204 g/mol. The quantitative estimate of drug-likeness (QED) is 0.456. The van der Waals surface area contributed by atoms with Crippen molar-refractivity contribution in [2.75, 3.05) is 18.0 Å². The Labute approximate surface area is 90.0 Å². The van der Waals surface area contributed by atoms with E-state index >= 15 is 0 Å². The molecule has 80 valence electrons. The van der Waals surface area contributed by atoms with Crippen molar-refractivity contribution in [1.29, 1.82) is 0 Å². The van der Waals surface area contributed by atoms with Crippen molar-refractivity contribution in [2.24, 2.45) is 5.16 Å². The van der Waals surface area contributed by atoms with Gasteiger partial charge in [0, 0.05) is 24.3 Å². The van der Waals surface area contributed by atoms with Crippen LogP contribution in [0, 0.1) is 0 Å². The number of nitrogens with zero attached hydrogens (tertiary/aromatic N) is 2. The van der Waals surface area contributed by atoms with Gasteiger partial charge in [0.1, 0.15) is 0 Å². The maximum absolute atomic E-state index is 8.59. The molecule has 0 spiro atoms. The highest BCUT2D eigenvalue weighted by molar-refractivity contribution is 5.87. The van der Waals surface area contributed by atoms with Gasteiger partial charge in [0.25, 0.3) is 0 Å². The Morgan fingerprint density at radius 3 is 2.60 bits per heavy atom. The van der Waals surface area contributed by atoms with Gasteiger partial charge in [0.05, 0.1) is 6.21 Å². The number of anilines is 1. The van der Waals surface area contributed by atoms with Crippen LogP contribution in [0.25, 0.3) is 0 Å². The number of hydrogen-bond acceptors (Lipinski definition) is 3. The van der Waals surface area contributed by atoms with Gasteiger partial charge in [-0.2, -0.15) is 0 Å². The third-order valence-electron chi connectivity index (χ3n) is 2.83. The lowest BCUT2D eigenvalue weighted by Gasteiger charge is -2.29. The van der Waals surface area contributed by atoms with Crippen molar-refractivity contribution < 1.29 is 5.21 Å². The maximum atomic E-state index is 8.59. The Morgan fingerprint density at radius 1 is 1.13 bits per heavy atom. The predicted octanol–water partition coefficient (Wildman–Crippen LogP) is 2.49. The minimum Gasteiger partial charge on any atom is -0.411 e. The molecule has 0 unspecified atom stereocenters. The van der Waals surface area contributed by atoms with E-state index in [1.54, 1.807) is 0 Å². The highest BCUT2D eigenvalue weighted by atomic mass is 16.4. The molecule has 0 aliphatic carbocycles. The minimum absolute atomic E-state index is 0.988. The molecule has 1 saturated heterocycles. The van der Waals surface area contributed by atoms with Gasteiger partial charge in [0.2, 0.25) is 0 Å². The Morgan fingerprint density at radius 2 is 1.87 bits per heavy atom. The standard InChI is InChI=1S/C12H16N2O/c15-13-10-11-6-2-3-7-12(11)14-8-4-1-5-9-14/h2-3,6-7,10,15H,1,4-5,8-9H2/b13-10+. The molecule has 1 aromatic carbocycles. The summed E-state index contributed by atoms with van der Waals surface area (Å²) in [5, 5.41) is 11.7. The summed E-state index contributed by atoms with van der Waals surface area (Å²) in [6.07, 6.45) is 5.34. The van der Waals surface area contributed by atoms with E-state index in [9.17, 15) is 0 Å². The average Bonchev–Trinajstić information content (AvgIpc) is 2.31. The molecule has 15 heavy (non-hydrogen) atoms. The van der Waals surface area contributed by atoms with E-state index in [0.29, 0.717) is 0 Å². The molecule has 3 nitrogen and oxygen atoms in total. The van der Waals surface area contributed by atoms with Gasteiger partial charge in [-0.3, -0.25) is 0 Å². The topological polar surface area (TPSA) is 35.8 Å². The lowest BCUT2D eigenvalue weighted by atomic mass is 10.1. The van der Waals surface area contributed by atoms with Crippen LogP contribution in [0.1, 0.15) is 24.8 Å². The molecule has 1 aliphatic rings. The van der Waals surface area contributed by atoms with E-state index < -0.39 is 0 Å². The van der Waals surface area contributed by atoms with Crippen molar-refractivity contribution in [3.63, 3.8) is 0 Å². The number of oxime groups is 1. The molecule has 1 aromatic rings. The van der Waals surface area contributed by atoms with E-state index in [0.717, 1.165) is 18.7 Å². The summed E-state index contributed by atoms with van der Waals surface area (Å²) in [7, 11) is 0. The van der Waals surface area contributed by atoms with Gasteiger partial charge in [-0.25, -0.2) is 0 Å². The van der Waals surface area contributed by atoms with Crippen LogP contribution < -0.4 is 4.90 Å². The Kier molecular flexibility index (Phi) is 3.22. The fourth-order valence-corrected chi connectivity index (χ4v) is 2.08. The summed E-state index contributed by atoms with van der Waals surface area (Å²) in [5.74, 6) is 0. The molecular weight excluding hydrogens is 188 g/mol. The van der Waals surface area contributed by atoms with E-state index in [1.807, 2.05) is 18.2 Å². The molecule has 0 amide bonds. The largest absolute Gasteiger partial charge is 0.411 e. The SMILES string of the molecule is O/N=C/c1ccccc1N1CCCCC1. The van der Waals surface area contributed by atoms with Crippen molar-refractivity contribution in [1.82, 2.24) is 0 Å². The maximum Gasteiger partial charge on any atom is 0.0754 e. The summed E-state index contributed by atoms with van der Waals surface area (Å²) in [4.78, 5) is 2.36. The van der Waals surface area contributed by atoms with Crippen molar-refractivity contribution in [3.8, 4) is 0 Å². The zero-order valence-corrected chi connectivity index (χ0v) is 8.76. The molecule has 1 N–H and O–H groups in total. The zero-order valence-electron chi connectivity index (χ0n) is 8.76. The van der Waals surface area contributed by atoms with Crippen molar-refractivity contribution >= 4 is 11.9 Å². The molecule has 0 radical (unpaired) electrons. The second-order valence-corrected chi connectivity index (χ2v) is 3.85. The fourth-order valence-electron chi connectivity index (χ4n) is 2.08. The summed E-state index contributed by atoms with van der Waals surface area (Å²) in [6.45, 7) is 2.21. The van der Waals surface area contributed by atoms with Crippen molar-refractivity contribution in [3.05, 3.63) is 29.8 Å². The summed E-state index contributed by atoms with van der Waals surface area (Å²) >= 11 is 0. The van der Waals surface area contributed by atoms with Gasteiger partial charge >= 0.3 is 0 Å². The molecule has 0 saturated carbocycles. The first-order chi connectivity index (χ1) is 7.42. The molecule has 1 fully saturated rings. The van der Waals surface area contributed by atoms with Crippen LogP contribution in [0.15, 0.2) is 29.4 Å². The highest BCUT2D eigenvalue weighted by Gasteiger charge is 2.12. The Hall–Kier alpha value is -1.51. The van der Waals surface area contributed by atoms with Crippen LogP contribution in [0.4, 0.5) is 5.69 Å². The molecule has 3 heteroatoms. The predicted molar refractivity (Wildman–Crippen MR) is 61.9 cm³/mol. The van der Waals surface area contributed by atoms with Gasteiger partial charge in [-0.05, 0) is 25.3 Å². The summed E-state index contributed by atoms with van der Waals surface area (Å²) < 4.78 is 0. The number of rotatable bonds is 2. The van der Waals surface area contributed by atoms with Crippen molar-refractivity contribution in [2.45, 2.75) is 19.3 Å². The van der Waals surface area contributed by atoms with Gasteiger partial charge in [-0.1, -0.05) is 23.4 Å². The first-order valence-electron chi connectivity index (χ1n) is 5.43. The molecule has 2 rings (SSSR count). The second-order valence-electron chi connectivity index (χ2n) is 3.85. The Bertz CT molecular complexity index is 343. The number of hydrogen-bond donors (Lipinski definition) is 1. The molecule has 1 heterocycles. The summed E-state index contributed by atoms with van der Waals surface area (Å²) in [5.41, 5.74) is 2.16. The smallest absolute Gasteiger partial charge is 0.0754 e. The minimum atomic E-state index is 0.988. The van der Waals surface area contributed by atoms with Crippen LogP contribution in [0.5, 0.6) is 0 Å². The van der Waals surface area contributed by atoms with E-state index in [1.165, 1.54) is 31.2 Å². The highest BCUT2D eigenvalue weighted by Crippen LogP contribution is 2.22. The number of piperidine rings is 1. The van der Waals surface area contributed by atoms with Crippen LogP contribution in [0.2, 0.25) is 0 Å². The fraction of sp³-hybridized carbons (Fsp3) is 0.417. The van der Waals surface area contributed by atoms with E-state index in [-0.39, 0.29) is 0 Å². The number of para-hydroxylation sites is 1. The third kappa shape index (κ3) is 2.29. The van der Waals surface area contributed by atoms with Gasteiger partial charge in [-0.15, -0.1) is 0 Å². The lowest BCUT2D eigenvalue weighted by molar-refractivity contribution is 0.322. The second kappa shape index (κ2) is 4.82. The molecular formula is C12H16N2O. The Balaban J connectivity index is 2.25. The zero-order chi connectivity index (χ0) is 10.5. The van der Waals surface area contributed by atoms with Gasteiger partial charge in [0.15, 0.2) is 0 Å². The molecule has 0 atom stereocenters. The van der Waals surface area contributed by atoms with Gasteiger partial charge < -0.3 is 10.1 Å². The van der Waals surface area contributed by atoms with Crippen LogP contribution in [-0.2, 0) is 0 Å².